The Morgan fingerprint density at radius 1 is 1.14 bits per heavy atom. The summed E-state index contributed by atoms with van der Waals surface area (Å²) in [6, 6.07) is 6.99. The van der Waals surface area contributed by atoms with E-state index in [1.54, 1.807) is 0 Å². The summed E-state index contributed by atoms with van der Waals surface area (Å²) in [6.07, 6.45) is 8.96. The van der Waals surface area contributed by atoms with Crippen LogP contribution in [0.25, 0.3) is 11.3 Å². The number of fused-ring (bicyclic) bond motifs is 1. The molecule has 6 rings (SSSR count). The van der Waals surface area contributed by atoms with Crippen molar-refractivity contribution >= 4 is 15.7 Å². The summed E-state index contributed by atoms with van der Waals surface area (Å²) >= 11 is 0. The highest BCUT2D eigenvalue weighted by atomic mass is 32.2. The van der Waals surface area contributed by atoms with Crippen molar-refractivity contribution in [3.63, 3.8) is 0 Å². The smallest absolute Gasteiger partial charge is 0.261 e. The van der Waals surface area contributed by atoms with Gasteiger partial charge in [-0.25, -0.2) is 31.9 Å². The van der Waals surface area contributed by atoms with Crippen LogP contribution >= 0.6 is 0 Å². The quantitative estimate of drug-likeness (QED) is 0.303. The number of imidazole rings is 1. The average Bonchev–Trinajstić information content (AvgIpc) is 3.24. The van der Waals surface area contributed by atoms with E-state index in [-0.39, 0.29) is 28.6 Å². The molecular formula is C22H21FN10O3S. The van der Waals surface area contributed by atoms with Crippen molar-refractivity contribution in [1.82, 2.24) is 49.3 Å². The van der Waals surface area contributed by atoms with Crippen molar-refractivity contribution in [3.8, 4) is 11.4 Å². The summed E-state index contributed by atoms with van der Waals surface area (Å²) in [4.78, 5) is 4.57. The van der Waals surface area contributed by atoms with Gasteiger partial charge in [0, 0.05) is 24.5 Å². The van der Waals surface area contributed by atoms with E-state index in [0.717, 1.165) is 5.65 Å². The molecule has 1 fully saturated rings. The number of pyridine rings is 1. The molecule has 0 atom stereocenters. The third-order valence-corrected chi connectivity index (χ3v) is 7.39. The van der Waals surface area contributed by atoms with Crippen molar-refractivity contribution in [2.45, 2.75) is 36.9 Å². The monoisotopic (exact) mass is 524 g/mol. The van der Waals surface area contributed by atoms with Crippen molar-refractivity contribution in [2.24, 2.45) is 0 Å². The van der Waals surface area contributed by atoms with Gasteiger partial charge in [-0.1, -0.05) is 11.3 Å². The molecule has 0 amide bonds. The maximum Gasteiger partial charge on any atom is 0.261 e. The zero-order valence-electron chi connectivity index (χ0n) is 19.6. The number of methoxy groups -OCH3 is 1. The highest BCUT2D eigenvalue weighted by Crippen LogP contribution is 2.39. The molecule has 190 valence electrons. The van der Waals surface area contributed by atoms with Crippen LogP contribution in [-0.2, 0) is 23.1 Å². The first-order valence-electron chi connectivity index (χ1n) is 11.4. The topological polar surface area (TPSA) is 147 Å². The lowest BCUT2D eigenvalue weighted by Crippen LogP contribution is -2.25. The third kappa shape index (κ3) is 4.53. The minimum atomic E-state index is -4.12. The van der Waals surface area contributed by atoms with E-state index in [2.05, 4.69) is 47.8 Å². The minimum absolute atomic E-state index is 0.00196. The van der Waals surface area contributed by atoms with Gasteiger partial charge in [0.1, 0.15) is 12.0 Å². The lowest BCUT2D eigenvalue weighted by atomic mass is 10.1. The Balaban J connectivity index is 1.20. The molecule has 1 aliphatic carbocycles. The SMILES string of the molecule is COc1ccc(-n2cnnn2)c(CNS(=O)(=O)c2cn(Cc3cn4cc(C5CC5)ccc4n3)nn2)c1F. The standard InChI is InChI=1S/C22H21FN10O3S/c1-36-19-6-5-18(33-13-24-28-30-33)17(22(19)23)8-25-37(34,35)21-12-32(29-27-21)11-16-10-31-9-15(14-2-3-14)4-7-20(31)26-16/h4-7,9-10,12-14,25H,2-3,8,11H2,1H3. The zero-order chi connectivity index (χ0) is 25.6. The van der Waals surface area contributed by atoms with E-state index in [1.165, 1.54) is 59.5 Å². The van der Waals surface area contributed by atoms with E-state index in [1.807, 2.05) is 16.7 Å². The summed E-state index contributed by atoms with van der Waals surface area (Å²) in [5.41, 5.74) is 3.05. The summed E-state index contributed by atoms with van der Waals surface area (Å²) in [5, 5.41) is 18.3. The molecular weight excluding hydrogens is 503 g/mol. The van der Waals surface area contributed by atoms with E-state index in [0.29, 0.717) is 11.6 Å². The predicted octanol–water partition coefficient (Wildman–Crippen LogP) is 1.45. The third-order valence-electron chi connectivity index (χ3n) is 6.13. The van der Waals surface area contributed by atoms with Crippen LogP contribution in [0.15, 0.2) is 54.2 Å². The molecule has 0 spiro atoms. The number of sulfonamides is 1. The number of halogens is 1. The van der Waals surface area contributed by atoms with Gasteiger partial charge in [-0.2, -0.15) is 0 Å². The molecule has 15 heteroatoms. The first-order valence-corrected chi connectivity index (χ1v) is 12.9. The highest BCUT2D eigenvalue weighted by Gasteiger charge is 2.24. The zero-order valence-corrected chi connectivity index (χ0v) is 20.4. The maximum absolute atomic E-state index is 15.0. The van der Waals surface area contributed by atoms with Gasteiger partial charge in [0.2, 0.25) is 5.03 Å². The number of hydrogen-bond donors (Lipinski definition) is 1. The Hall–Kier alpha value is -4.24. The van der Waals surface area contributed by atoms with Crippen LogP contribution in [-0.4, -0.2) is 60.1 Å². The summed E-state index contributed by atoms with van der Waals surface area (Å²) < 4.78 is 52.9. The molecule has 4 aromatic heterocycles. The first kappa shape index (κ1) is 23.2. The van der Waals surface area contributed by atoms with Crippen LogP contribution in [0.3, 0.4) is 0 Å². The van der Waals surface area contributed by atoms with Gasteiger partial charge in [0.15, 0.2) is 11.6 Å². The largest absolute Gasteiger partial charge is 0.494 e. The van der Waals surface area contributed by atoms with Crippen LogP contribution < -0.4 is 9.46 Å². The number of tetrazole rings is 1. The Morgan fingerprint density at radius 3 is 2.76 bits per heavy atom. The Kier molecular flexibility index (Phi) is 5.64. The molecule has 4 heterocycles. The van der Waals surface area contributed by atoms with Gasteiger partial charge in [-0.05, 0) is 52.9 Å². The Morgan fingerprint density at radius 2 is 2.00 bits per heavy atom. The minimum Gasteiger partial charge on any atom is -0.494 e. The van der Waals surface area contributed by atoms with Crippen LogP contribution in [0.4, 0.5) is 4.39 Å². The molecule has 13 nitrogen and oxygen atoms in total. The molecule has 0 bridgehead atoms. The summed E-state index contributed by atoms with van der Waals surface area (Å²) in [6.45, 7) is -0.167. The summed E-state index contributed by atoms with van der Waals surface area (Å²) in [5.74, 6) is -0.160. The number of ether oxygens (including phenoxy) is 1. The van der Waals surface area contributed by atoms with Crippen molar-refractivity contribution in [2.75, 3.05) is 7.11 Å². The van der Waals surface area contributed by atoms with Crippen molar-refractivity contribution in [3.05, 3.63) is 71.8 Å². The highest BCUT2D eigenvalue weighted by molar-refractivity contribution is 7.89. The molecule has 1 aliphatic rings. The number of benzene rings is 1. The van der Waals surface area contributed by atoms with Gasteiger partial charge in [0.25, 0.3) is 10.0 Å². The Labute approximate surface area is 209 Å². The van der Waals surface area contributed by atoms with E-state index in [9.17, 15) is 8.42 Å². The van der Waals surface area contributed by atoms with Crippen LogP contribution in [0.5, 0.6) is 5.75 Å². The lowest BCUT2D eigenvalue weighted by Gasteiger charge is -2.13. The predicted molar refractivity (Wildman–Crippen MR) is 126 cm³/mol. The number of aromatic nitrogens is 9. The van der Waals surface area contributed by atoms with Gasteiger partial charge in [-0.3, -0.25) is 0 Å². The van der Waals surface area contributed by atoms with E-state index in [4.69, 9.17) is 4.74 Å². The van der Waals surface area contributed by atoms with Crippen molar-refractivity contribution in [1.29, 1.82) is 0 Å². The lowest BCUT2D eigenvalue weighted by molar-refractivity contribution is 0.383. The fourth-order valence-corrected chi connectivity index (χ4v) is 4.97. The van der Waals surface area contributed by atoms with Crippen molar-refractivity contribution < 1.29 is 17.5 Å². The normalized spacial score (nSPS) is 13.9. The van der Waals surface area contributed by atoms with Gasteiger partial charge >= 0.3 is 0 Å². The second-order valence-corrected chi connectivity index (χ2v) is 10.4. The molecule has 0 unspecified atom stereocenters. The molecule has 1 saturated carbocycles. The number of nitrogens with zero attached hydrogens (tertiary/aromatic N) is 9. The first-order chi connectivity index (χ1) is 17.9. The van der Waals surface area contributed by atoms with E-state index >= 15 is 4.39 Å². The van der Waals surface area contributed by atoms with Gasteiger partial charge in [-0.15, -0.1) is 10.2 Å². The molecule has 37 heavy (non-hydrogen) atoms. The van der Waals surface area contributed by atoms with E-state index < -0.39 is 22.4 Å². The molecule has 0 saturated heterocycles. The van der Waals surface area contributed by atoms with Crippen LogP contribution in [0, 0.1) is 5.82 Å². The van der Waals surface area contributed by atoms with Gasteiger partial charge in [0.05, 0.1) is 31.2 Å². The molecule has 1 N–H and O–H groups in total. The fraction of sp³-hybridized carbons (Fsp3) is 0.273. The van der Waals surface area contributed by atoms with Crippen LogP contribution in [0.2, 0.25) is 0 Å². The average molecular weight is 525 g/mol. The van der Waals surface area contributed by atoms with Crippen LogP contribution in [0.1, 0.15) is 35.6 Å². The molecule has 1 aromatic carbocycles. The Bertz CT molecular complexity index is 1690. The number of rotatable bonds is 9. The van der Waals surface area contributed by atoms with Gasteiger partial charge < -0.3 is 9.14 Å². The molecule has 0 radical (unpaired) electrons. The fourth-order valence-electron chi connectivity index (χ4n) is 4.09. The second kappa shape index (κ2) is 9.01. The molecule has 0 aliphatic heterocycles. The number of nitrogens with one attached hydrogen (secondary N) is 1. The summed E-state index contributed by atoms with van der Waals surface area (Å²) in [7, 11) is -2.81. The number of hydrogen-bond acceptors (Lipinski definition) is 9. The second-order valence-electron chi connectivity index (χ2n) is 8.65. The maximum atomic E-state index is 15.0. The molecule has 5 aromatic rings.